The minimum Gasteiger partial charge on any atom is -0.344 e. The van der Waals surface area contributed by atoms with E-state index in [0.717, 1.165) is 38.8 Å². The highest BCUT2D eigenvalue weighted by molar-refractivity contribution is 6.00. The molecule has 258 valence electrons. The Bertz CT molecular complexity index is 1410. The molecule has 2 aromatic rings. The molecule has 4 amide bonds. The summed E-state index contributed by atoms with van der Waals surface area (Å²) in [7, 11) is 0. The number of halogens is 1. The number of benzene rings is 1. The largest absolute Gasteiger partial charge is 0.344 e. The number of carbonyl (C=O) groups excluding carboxylic acids is 4. The standard InChI is InChI=1S/C35H52FN7O4/c1-7-30(44)39-31(35(47)42-19-18-41(8-2)23(5)21-42)24(6)26-14-15-28(27(36)20-26)38-34(46)32(25-12-10-22(4)11-13-25)40-33(45)29-16-17-37-43(29)9-3/h14-17,20,22-25,31-32H,7-13,18-19,21H2,1-6H3,(H,38,46)(H,39,44)(H,40,45)/t22-,23-,24-,25-,31+,32-/m0/s1. The third kappa shape index (κ3) is 8.77. The topological polar surface area (TPSA) is 129 Å². The van der Waals surface area contributed by atoms with E-state index < -0.39 is 35.6 Å². The zero-order valence-electron chi connectivity index (χ0n) is 28.7. The predicted octanol–water partition coefficient (Wildman–Crippen LogP) is 4.16. The highest BCUT2D eigenvalue weighted by atomic mass is 19.1. The molecule has 12 heteroatoms. The number of piperazine rings is 1. The van der Waals surface area contributed by atoms with Crippen LogP contribution in [0, 0.1) is 17.7 Å². The number of aryl methyl sites for hydroxylation is 1. The molecule has 1 saturated carbocycles. The number of carbonyl (C=O) groups is 4. The van der Waals surface area contributed by atoms with Crippen LogP contribution in [0.2, 0.25) is 0 Å². The van der Waals surface area contributed by atoms with Gasteiger partial charge in [-0.3, -0.25) is 28.8 Å². The first-order valence-corrected chi connectivity index (χ1v) is 17.2. The summed E-state index contributed by atoms with van der Waals surface area (Å²) in [4.78, 5) is 57.3. The summed E-state index contributed by atoms with van der Waals surface area (Å²) in [6, 6.07) is 4.56. The molecule has 1 aliphatic carbocycles. The predicted molar refractivity (Wildman–Crippen MR) is 179 cm³/mol. The third-order valence-electron chi connectivity index (χ3n) is 10.0. The molecule has 1 aliphatic heterocycles. The van der Waals surface area contributed by atoms with Crippen LogP contribution in [-0.4, -0.2) is 87.5 Å². The summed E-state index contributed by atoms with van der Waals surface area (Å²) in [5.41, 5.74) is 0.868. The molecule has 1 saturated heterocycles. The molecule has 4 rings (SSSR count). The lowest BCUT2D eigenvalue weighted by atomic mass is 9.79. The van der Waals surface area contributed by atoms with E-state index >= 15 is 4.39 Å². The molecule has 1 aromatic carbocycles. The van der Waals surface area contributed by atoms with Crippen molar-refractivity contribution in [3.63, 3.8) is 0 Å². The number of aromatic nitrogens is 2. The molecule has 0 unspecified atom stereocenters. The monoisotopic (exact) mass is 653 g/mol. The van der Waals surface area contributed by atoms with Crippen LogP contribution in [0.15, 0.2) is 30.5 Å². The summed E-state index contributed by atoms with van der Waals surface area (Å²) in [6.07, 6.45) is 5.20. The van der Waals surface area contributed by atoms with Gasteiger partial charge in [0.2, 0.25) is 17.7 Å². The number of nitrogens with zero attached hydrogens (tertiary/aromatic N) is 4. The van der Waals surface area contributed by atoms with E-state index in [1.54, 1.807) is 41.8 Å². The van der Waals surface area contributed by atoms with Crippen molar-refractivity contribution in [1.82, 2.24) is 30.2 Å². The van der Waals surface area contributed by atoms with Crippen LogP contribution in [-0.2, 0) is 20.9 Å². The van der Waals surface area contributed by atoms with Crippen molar-refractivity contribution in [3.8, 4) is 0 Å². The molecule has 47 heavy (non-hydrogen) atoms. The van der Waals surface area contributed by atoms with Gasteiger partial charge in [0.05, 0.1) is 5.69 Å². The maximum Gasteiger partial charge on any atom is 0.270 e. The van der Waals surface area contributed by atoms with Gasteiger partial charge in [-0.1, -0.05) is 46.6 Å². The highest BCUT2D eigenvalue weighted by Gasteiger charge is 2.36. The molecule has 2 fully saturated rings. The van der Waals surface area contributed by atoms with E-state index in [9.17, 15) is 19.2 Å². The molecule has 0 spiro atoms. The van der Waals surface area contributed by atoms with Gasteiger partial charge in [-0.15, -0.1) is 0 Å². The van der Waals surface area contributed by atoms with Gasteiger partial charge < -0.3 is 20.9 Å². The second kappa shape index (κ2) is 16.3. The molecule has 11 nitrogen and oxygen atoms in total. The average Bonchev–Trinajstić information content (AvgIpc) is 3.56. The Balaban J connectivity index is 1.52. The van der Waals surface area contributed by atoms with E-state index in [1.807, 2.05) is 6.92 Å². The van der Waals surface area contributed by atoms with Gasteiger partial charge >= 0.3 is 0 Å². The number of amides is 4. The van der Waals surface area contributed by atoms with Gasteiger partial charge in [0.1, 0.15) is 23.6 Å². The van der Waals surface area contributed by atoms with Crippen LogP contribution in [0.4, 0.5) is 10.1 Å². The zero-order chi connectivity index (χ0) is 34.2. The number of hydrogen-bond donors (Lipinski definition) is 3. The van der Waals surface area contributed by atoms with Gasteiger partial charge in [-0.25, -0.2) is 4.39 Å². The lowest BCUT2D eigenvalue weighted by molar-refractivity contribution is -0.139. The van der Waals surface area contributed by atoms with Gasteiger partial charge in [-0.05, 0) is 68.8 Å². The number of rotatable bonds is 12. The first kappa shape index (κ1) is 36.0. The molecule has 4 atom stereocenters. The second-order valence-electron chi connectivity index (χ2n) is 13.2. The summed E-state index contributed by atoms with van der Waals surface area (Å²) in [5.74, 6) is -2.07. The Morgan fingerprint density at radius 3 is 2.32 bits per heavy atom. The number of nitrogens with one attached hydrogen (secondary N) is 3. The normalized spacial score (nSPS) is 22.2. The molecular weight excluding hydrogens is 601 g/mol. The maximum absolute atomic E-state index is 15.7. The van der Waals surface area contributed by atoms with Gasteiger partial charge in [0.15, 0.2) is 0 Å². The lowest BCUT2D eigenvalue weighted by Gasteiger charge is -2.41. The van der Waals surface area contributed by atoms with Crippen molar-refractivity contribution in [3.05, 3.63) is 47.5 Å². The van der Waals surface area contributed by atoms with Crippen LogP contribution in [0.3, 0.4) is 0 Å². The second-order valence-corrected chi connectivity index (χ2v) is 13.2. The van der Waals surface area contributed by atoms with Crippen molar-refractivity contribution >= 4 is 29.3 Å². The van der Waals surface area contributed by atoms with Crippen molar-refractivity contribution in [2.24, 2.45) is 11.8 Å². The van der Waals surface area contributed by atoms with Crippen LogP contribution in [0.1, 0.15) is 95.6 Å². The maximum atomic E-state index is 15.7. The van der Waals surface area contributed by atoms with E-state index in [0.29, 0.717) is 36.8 Å². The van der Waals surface area contributed by atoms with E-state index in [1.165, 1.54) is 12.1 Å². The van der Waals surface area contributed by atoms with Crippen molar-refractivity contribution in [2.75, 3.05) is 31.5 Å². The first-order valence-electron chi connectivity index (χ1n) is 17.2. The average molecular weight is 654 g/mol. The molecular formula is C35H52FN7O4. The summed E-state index contributed by atoms with van der Waals surface area (Å²) < 4.78 is 17.3. The van der Waals surface area contributed by atoms with Gasteiger partial charge in [0, 0.05) is 50.8 Å². The Labute approximate surface area is 278 Å². The summed E-state index contributed by atoms with van der Waals surface area (Å²) in [5, 5.41) is 12.7. The van der Waals surface area contributed by atoms with Crippen molar-refractivity contribution in [1.29, 1.82) is 0 Å². The number of likely N-dealkylation sites (N-methyl/N-ethyl adjacent to an activating group) is 1. The number of hydrogen-bond acceptors (Lipinski definition) is 6. The molecule has 0 radical (unpaired) electrons. The molecule has 2 heterocycles. The van der Waals surface area contributed by atoms with Crippen LogP contribution in [0.5, 0.6) is 0 Å². The van der Waals surface area contributed by atoms with Crippen LogP contribution >= 0.6 is 0 Å². The summed E-state index contributed by atoms with van der Waals surface area (Å²) >= 11 is 0. The van der Waals surface area contributed by atoms with Gasteiger partial charge in [-0.2, -0.15) is 5.10 Å². The molecule has 3 N–H and O–H groups in total. The fraction of sp³-hybridized carbons (Fsp3) is 0.629. The molecule has 2 aliphatic rings. The van der Waals surface area contributed by atoms with Gasteiger partial charge in [0.25, 0.3) is 5.91 Å². The zero-order valence-corrected chi connectivity index (χ0v) is 28.7. The third-order valence-corrected chi connectivity index (χ3v) is 10.0. The smallest absolute Gasteiger partial charge is 0.270 e. The van der Waals surface area contributed by atoms with Crippen molar-refractivity contribution in [2.45, 2.75) is 104 Å². The Hall–Kier alpha value is -3.80. The molecule has 1 aromatic heterocycles. The SMILES string of the molecule is CCC(=O)N[C@@H](C(=O)N1CCN(CC)[C@@H](C)C1)[C@@H](C)c1ccc(NC(=O)[C@@H](NC(=O)c2ccnn2CC)[C@H]2CC[C@H](C)CC2)c(F)c1. The molecule has 0 bridgehead atoms. The van der Waals surface area contributed by atoms with Crippen molar-refractivity contribution < 1.29 is 23.6 Å². The fourth-order valence-electron chi connectivity index (χ4n) is 6.87. The van der Waals surface area contributed by atoms with Crippen LogP contribution in [0.25, 0.3) is 0 Å². The lowest BCUT2D eigenvalue weighted by Crippen LogP contribution is -2.58. The highest BCUT2D eigenvalue weighted by Crippen LogP contribution is 2.32. The Morgan fingerprint density at radius 1 is 0.979 bits per heavy atom. The minimum absolute atomic E-state index is 0.0158. The van der Waals surface area contributed by atoms with E-state index in [4.69, 9.17) is 0 Å². The van der Waals surface area contributed by atoms with E-state index in [-0.39, 0.29) is 35.9 Å². The van der Waals surface area contributed by atoms with Crippen LogP contribution < -0.4 is 16.0 Å². The summed E-state index contributed by atoms with van der Waals surface area (Å²) in [6.45, 7) is 15.0. The fourth-order valence-corrected chi connectivity index (χ4v) is 6.87. The minimum atomic E-state index is -0.868. The van der Waals surface area contributed by atoms with E-state index in [2.05, 4.69) is 46.7 Å². The Morgan fingerprint density at radius 2 is 1.70 bits per heavy atom. The first-order chi connectivity index (χ1) is 22.5. The Kier molecular flexibility index (Phi) is 12.5. The quantitative estimate of drug-likeness (QED) is 0.316. The number of anilines is 1.